The lowest BCUT2D eigenvalue weighted by Crippen LogP contribution is -2.27. The van der Waals surface area contributed by atoms with Crippen LogP contribution in [0.2, 0.25) is 0 Å². The Hall–Kier alpha value is -1.40. The van der Waals surface area contributed by atoms with E-state index >= 15 is 0 Å². The van der Waals surface area contributed by atoms with Crippen LogP contribution in [0.4, 0.5) is 0 Å². The Morgan fingerprint density at radius 1 is 1.47 bits per heavy atom. The normalized spacial score (nSPS) is 20.6. The first-order chi connectivity index (χ1) is 8.86. The first kappa shape index (κ1) is 14.0. The number of rotatable bonds is 4. The number of hydrogen-bond donors (Lipinski definition) is 1. The second-order valence-electron chi connectivity index (χ2n) is 4.99. The van der Waals surface area contributed by atoms with Crippen LogP contribution in [0.1, 0.15) is 22.3 Å². The van der Waals surface area contributed by atoms with Gasteiger partial charge in [-0.15, -0.1) is 0 Å². The van der Waals surface area contributed by atoms with Crippen molar-refractivity contribution < 1.29 is 18.3 Å². The van der Waals surface area contributed by atoms with Crippen LogP contribution in [0.25, 0.3) is 0 Å². The van der Waals surface area contributed by atoms with Gasteiger partial charge in [0.1, 0.15) is 0 Å². The summed E-state index contributed by atoms with van der Waals surface area (Å²) in [5.74, 6) is -0.676. The molecule has 1 atom stereocenters. The van der Waals surface area contributed by atoms with Crippen molar-refractivity contribution in [2.45, 2.75) is 12.8 Å². The predicted octanol–water partition coefficient (Wildman–Crippen LogP) is 1.21. The lowest BCUT2D eigenvalue weighted by molar-refractivity contribution is 0.0696. The molecule has 0 bridgehead atoms. The van der Waals surface area contributed by atoms with Gasteiger partial charge in [-0.1, -0.05) is 12.1 Å². The second-order valence-corrected chi connectivity index (χ2v) is 6.97. The molecule has 0 spiro atoms. The number of benzene rings is 1. The molecule has 19 heavy (non-hydrogen) atoms. The van der Waals surface area contributed by atoms with Gasteiger partial charge in [0.2, 0.25) is 10.0 Å². The molecule has 1 heterocycles. The molecule has 0 aromatic heterocycles. The largest absolute Gasteiger partial charge is 0.478 e. The van der Waals surface area contributed by atoms with E-state index in [0.717, 1.165) is 12.0 Å². The minimum absolute atomic E-state index is 0.263. The van der Waals surface area contributed by atoms with Crippen LogP contribution in [0.5, 0.6) is 0 Å². The zero-order valence-corrected chi connectivity index (χ0v) is 11.6. The molecule has 1 aliphatic heterocycles. The highest BCUT2D eigenvalue weighted by Crippen LogP contribution is 2.23. The third kappa shape index (κ3) is 3.54. The molecule has 2 rings (SSSR count). The highest BCUT2D eigenvalue weighted by Gasteiger charge is 2.28. The molecule has 6 heteroatoms. The highest BCUT2D eigenvalue weighted by atomic mass is 32.2. The Bertz CT molecular complexity index is 582. The molecule has 0 radical (unpaired) electrons. The van der Waals surface area contributed by atoms with Gasteiger partial charge in [-0.25, -0.2) is 17.5 Å². The van der Waals surface area contributed by atoms with E-state index in [1.165, 1.54) is 10.6 Å². The SMILES string of the molecule is CS(=O)(=O)N1CC[C@H](Cc2cccc(C(=O)O)c2)C1. The fourth-order valence-corrected chi connectivity index (χ4v) is 3.35. The van der Waals surface area contributed by atoms with Crippen molar-refractivity contribution in [3.8, 4) is 0 Å². The smallest absolute Gasteiger partial charge is 0.335 e. The Balaban J connectivity index is 2.03. The average molecular weight is 283 g/mol. The maximum atomic E-state index is 11.4. The van der Waals surface area contributed by atoms with Crippen molar-refractivity contribution in [2.24, 2.45) is 5.92 Å². The topological polar surface area (TPSA) is 74.7 Å². The average Bonchev–Trinajstić information content (AvgIpc) is 2.77. The van der Waals surface area contributed by atoms with Crippen LogP contribution in [-0.4, -0.2) is 43.1 Å². The molecule has 0 aliphatic carbocycles. The van der Waals surface area contributed by atoms with Crippen molar-refractivity contribution in [2.75, 3.05) is 19.3 Å². The Labute approximate surface area is 112 Å². The van der Waals surface area contributed by atoms with Crippen LogP contribution in [0.15, 0.2) is 24.3 Å². The lowest BCUT2D eigenvalue weighted by Gasteiger charge is -2.13. The van der Waals surface area contributed by atoms with Gasteiger partial charge >= 0.3 is 5.97 Å². The maximum absolute atomic E-state index is 11.4. The van der Waals surface area contributed by atoms with Crippen LogP contribution < -0.4 is 0 Å². The molecular formula is C13H17NO4S. The van der Waals surface area contributed by atoms with E-state index in [1.807, 2.05) is 6.07 Å². The number of nitrogens with zero attached hydrogens (tertiary/aromatic N) is 1. The Morgan fingerprint density at radius 3 is 2.79 bits per heavy atom. The zero-order valence-electron chi connectivity index (χ0n) is 10.7. The molecule has 104 valence electrons. The van der Waals surface area contributed by atoms with E-state index in [-0.39, 0.29) is 11.5 Å². The van der Waals surface area contributed by atoms with Crippen molar-refractivity contribution in [1.29, 1.82) is 0 Å². The number of aromatic carboxylic acids is 1. The van der Waals surface area contributed by atoms with E-state index in [1.54, 1.807) is 18.2 Å². The molecule has 1 aromatic carbocycles. The van der Waals surface area contributed by atoms with Gasteiger partial charge in [-0.05, 0) is 36.5 Å². The summed E-state index contributed by atoms with van der Waals surface area (Å²) in [6.45, 7) is 1.08. The van der Waals surface area contributed by atoms with E-state index in [0.29, 0.717) is 19.5 Å². The quantitative estimate of drug-likeness (QED) is 0.901. The van der Waals surface area contributed by atoms with E-state index in [9.17, 15) is 13.2 Å². The van der Waals surface area contributed by atoms with Gasteiger partial charge in [-0.2, -0.15) is 0 Å². The first-order valence-electron chi connectivity index (χ1n) is 6.13. The number of carbonyl (C=O) groups is 1. The summed E-state index contributed by atoms with van der Waals surface area (Å²) in [5, 5.41) is 8.93. The highest BCUT2D eigenvalue weighted by molar-refractivity contribution is 7.88. The van der Waals surface area contributed by atoms with Gasteiger partial charge in [0.25, 0.3) is 0 Å². The van der Waals surface area contributed by atoms with E-state index in [2.05, 4.69) is 0 Å². The molecule has 1 fully saturated rings. The summed E-state index contributed by atoms with van der Waals surface area (Å²) in [7, 11) is -3.11. The minimum Gasteiger partial charge on any atom is -0.478 e. The summed E-state index contributed by atoms with van der Waals surface area (Å²) in [6, 6.07) is 6.83. The monoisotopic (exact) mass is 283 g/mol. The van der Waals surface area contributed by atoms with Crippen molar-refractivity contribution >= 4 is 16.0 Å². The van der Waals surface area contributed by atoms with Crippen LogP contribution in [-0.2, 0) is 16.4 Å². The molecule has 0 saturated carbocycles. The summed E-state index contributed by atoms with van der Waals surface area (Å²) in [6.07, 6.45) is 2.76. The van der Waals surface area contributed by atoms with E-state index in [4.69, 9.17) is 5.11 Å². The molecule has 1 aliphatic rings. The Morgan fingerprint density at radius 2 is 2.21 bits per heavy atom. The van der Waals surface area contributed by atoms with Crippen molar-refractivity contribution in [1.82, 2.24) is 4.31 Å². The summed E-state index contributed by atoms with van der Waals surface area (Å²) >= 11 is 0. The number of hydrogen-bond acceptors (Lipinski definition) is 3. The predicted molar refractivity (Wildman–Crippen MR) is 71.6 cm³/mol. The van der Waals surface area contributed by atoms with Crippen molar-refractivity contribution in [3.05, 3.63) is 35.4 Å². The number of carboxylic acid groups (broad SMARTS) is 1. The standard InChI is InChI=1S/C13H17NO4S/c1-19(17,18)14-6-5-11(9-14)7-10-3-2-4-12(8-10)13(15)16/h2-4,8,11H,5-7,9H2,1H3,(H,15,16)/t11-/m1/s1. The third-order valence-electron chi connectivity index (χ3n) is 3.42. The molecule has 1 saturated heterocycles. The van der Waals surface area contributed by atoms with Crippen LogP contribution >= 0.6 is 0 Å². The molecular weight excluding hydrogens is 266 g/mol. The third-order valence-corrected chi connectivity index (χ3v) is 4.69. The molecule has 1 aromatic rings. The molecule has 0 amide bonds. The van der Waals surface area contributed by atoms with Crippen LogP contribution in [0, 0.1) is 5.92 Å². The number of carboxylic acids is 1. The minimum atomic E-state index is -3.11. The fourth-order valence-electron chi connectivity index (χ4n) is 2.43. The fraction of sp³-hybridized carbons (Fsp3) is 0.462. The molecule has 5 nitrogen and oxygen atoms in total. The molecule has 0 unspecified atom stereocenters. The van der Waals surface area contributed by atoms with Gasteiger partial charge in [0, 0.05) is 13.1 Å². The zero-order chi connectivity index (χ0) is 14.0. The summed E-state index contributed by atoms with van der Waals surface area (Å²) in [5.41, 5.74) is 1.22. The lowest BCUT2D eigenvalue weighted by atomic mass is 9.97. The van der Waals surface area contributed by atoms with Gasteiger partial charge in [-0.3, -0.25) is 0 Å². The maximum Gasteiger partial charge on any atom is 0.335 e. The van der Waals surface area contributed by atoms with Gasteiger partial charge in [0.15, 0.2) is 0 Å². The van der Waals surface area contributed by atoms with Gasteiger partial charge in [0.05, 0.1) is 11.8 Å². The summed E-state index contributed by atoms with van der Waals surface area (Å²) < 4.78 is 24.3. The van der Waals surface area contributed by atoms with E-state index < -0.39 is 16.0 Å². The van der Waals surface area contributed by atoms with Crippen LogP contribution in [0.3, 0.4) is 0 Å². The molecule has 1 N–H and O–H groups in total. The number of sulfonamides is 1. The van der Waals surface area contributed by atoms with Gasteiger partial charge < -0.3 is 5.11 Å². The first-order valence-corrected chi connectivity index (χ1v) is 7.98. The summed E-state index contributed by atoms with van der Waals surface area (Å²) in [4.78, 5) is 10.9. The second kappa shape index (κ2) is 5.30. The van der Waals surface area contributed by atoms with Crippen molar-refractivity contribution in [3.63, 3.8) is 0 Å². The Kier molecular flexibility index (Phi) is 3.91.